The van der Waals surface area contributed by atoms with E-state index in [1.165, 1.54) is 27.8 Å². The molecule has 0 unspecified atom stereocenters. The SMILES string of the molecule is CCCN(CC1CC1)C(=O)Cn1cnc2sc3c(c2c1=O)CC[C@H](C)C3. The maximum absolute atomic E-state index is 13.1. The molecule has 2 heterocycles. The molecule has 0 N–H and O–H groups in total. The van der Waals surface area contributed by atoms with Crippen molar-refractivity contribution in [3.63, 3.8) is 0 Å². The second-order valence-electron chi connectivity index (χ2n) is 7.99. The number of fused-ring (bicyclic) bond motifs is 3. The molecule has 2 aromatic heterocycles. The van der Waals surface area contributed by atoms with E-state index in [0.29, 0.717) is 11.8 Å². The van der Waals surface area contributed by atoms with Gasteiger partial charge in [-0.3, -0.25) is 14.2 Å². The second kappa shape index (κ2) is 7.14. The monoisotopic (exact) mass is 373 g/mol. The lowest BCUT2D eigenvalue weighted by molar-refractivity contribution is -0.132. The summed E-state index contributed by atoms with van der Waals surface area (Å²) in [5.74, 6) is 1.37. The summed E-state index contributed by atoms with van der Waals surface area (Å²) >= 11 is 1.66. The Morgan fingerprint density at radius 2 is 2.19 bits per heavy atom. The molecule has 0 radical (unpaired) electrons. The van der Waals surface area contributed by atoms with Crippen LogP contribution in [0.25, 0.3) is 10.2 Å². The van der Waals surface area contributed by atoms with Crippen molar-refractivity contribution in [2.75, 3.05) is 13.1 Å². The Kier molecular flexibility index (Phi) is 4.86. The Morgan fingerprint density at radius 1 is 1.38 bits per heavy atom. The number of hydrogen-bond acceptors (Lipinski definition) is 4. The van der Waals surface area contributed by atoms with Gasteiger partial charge in [-0.25, -0.2) is 4.98 Å². The van der Waals surface area contributed by atoms with E-state index in [9.17, 15) is 9.59 Å². The topological polar surface area (TPSA) is 55.2 Å². The fraction of sp³-hybridized carbons (Fsp3) is 0.650. The van der Waals surface area contributed by atoms with Gasteiger partial charge in [-0.05, 0) is 55.9 Å². The van der Waals surface area contributed by atoms with Crippen LogP contribution in [0.4, 0.5) is 0 Å². The predicted octanol–water partition coefficient (Wildman–Crippen LogP) is 3.23. The van der Waals surface area contributed by atoms with Crippen molar-refractivity contribution in [1.29, 1.82) is 0 Å². The van der Waals surface area contributed by atoms with E-state index >= 15 is 0 Å². The maximum atomic E-state index is 13.1. The Balaban J connectivity index is 1.61. The molecular weight excluding hydrogens is 346 g/mol. The smallest absolute Gasteiger partial charge is 0.262 e. The van der Waals surface area contributed by atoms with Crippen LogP contribution in [0.2, 0.25) is 0 Å². The van der Waals surface area contributed by atoms with Crippen LogP contribution in [-0.4, -0.2) is 33.4 Å². The lowest BCUT2D eigenvalue weighted by atomic mass is 9.89. The number of thiophene rings is 1. The molecule has 5 nitrogen and oxygen atoms in total. The molecule has 0 aliphatic heterocycles. The van der Waals surface area contributed by atoms with Crippen LogP contribution in [0.15, 0.2) is 11.1 Å². The number of rotatable bonds is 6. The van der Waals surface area contributed by atoms with Gasteiger partial charge in [0.05, 0.1) is 11.7 Å². The summed E-state index contributed by atoms with van der Waals surface area (Å²) in [6.07, 6.45) is 8.07. The molecule has 2 aliphatic carbocycles. The van der Waals surface area contributed by atoms with Gasteiger partial charge >= 0.3 is 0 Å². The summed E-state index contributed by atoms with van der Waals surface area (Å²) in [6.45, 7) is 6.06. The van der Waals surface area contributed by atoms with Gasteiger partial charge in [0.1, 0.15) is 11.4 Å². The average molecular weight is 374 g/mol. The summed E-state index contributed by atoms with van der Waals surface area (Å²) in [6, 6.07) is 0. The fourth-order valence-corrected chi connectivity index (χ4v) is 5.27. The molecule has 0 aromatic carbocycles. The first-order chi connectivity index (χ1) is 12.6. The second-order valence-corrected chi connectivity index (χ2v) is 9.08. The highest BCUT2D eigenvalue weighted by molar-refractivity contribution is 7.18. The van der Waals surface area contributed by atoms with Gasteiger partial charge in [-0.2, -0.15) is 0 Å². The zero-order valence-corrected chi connectivity index (χ0v) is 16.5. The van der Waals surface area contributed by atoms with E-state index in [2.05, 4.69) is 18.8 Å². The summed E-state index contributed by atoms with van der Waals surface area (Å²) in [7, 11) is 0. The lowest BCUT2D eigenvalue weighted by Gasteiger charge is -2.22. The summed E-state index contributed by atoms with van der Waals surface area (Å²) in [5, 5.41) is 0.761. The normalized spacial score (nSPS) is 19.5. The number of carbonyl (C=O) groups excluding carboxylic acids is 1. The highest BCUT2D eigenvalue weighted by Crippen LogP contribution is 2.35. The third kappa shape index (κ3) is 3.43. The Bertz CT molecular complexity index is 881. The van der Waals surface area contributed by atoms with Crippen molar-refractivity contribution in [2.24, 2.45) is 11.8 Å². The maximum Gasteiger partial charge on any atom is 0.262 e. The Morgan fingerprint density at radius 3 is 2.92 bits per heavy atom. The van der Waals surface area contributed by atoms with E-state index in [-0.39, 0.29) is 18.0 Å². The number of carbonyl (C=O) groups is 1. The van der Waals surface area contributed by atoms with Crippen molar-refractivity contribution in [1.82, 2.24) is 14.5 Å². The van der Waals surface area contributed by atoms with Gasteiger partial charge < -0.3 is 4.90 Å². The van der Waals surface area contributed by atoms with E-state index in [1.807, 2.05) is 4.90 Å². The van der Waals surface area contributed by atoms with E-state index in [1.54, 1.807) is 17.7 Å². The van der Waals surface area contributed by atoms with Crippen LogP contribution < -0.4 is 5.56 Å². The van der Waals surface area contributed by atoms with Crippen LogP contribution in [0.3, 0.4) is 0 Å². The minimum Gasteiger partial charge on any atom is -0.341 e. The lowest BCUT2D eigenvalue weighted by Crippen LogP contribution is -2.38. The van der Waals surface area contributed by atoms with Crippen LogP contribution in [-0.2, 0) is 24.2 Å². The molecule has 6 heteroatoms. The van der Waals surface area contributed by atoms with Crippen LogP contribution >= 0.6 is 11.3 Å². The summed E-state index contributed by atoms with van der Waals surface area (Å²) < 4.78 is 1.52. The average Bonchev–Trinajstić information content (AvgIpc) is 3.35. The number of aromatic nitrogens is 2. The van der Waals surface area contributed by atoms with Gasteiger partial charge in [0, 0.05) is 18.0 Å². The standard InChI is InChI=1S/C20H27N3O2S/c1-3-8-22(10-14-5-6-14)17(24)11-23-12-21-19-18(20(23)25)15-7-4-13(2)9-16(15)26-19/h12-14H,3-11H2,1-2H3/t13-/m0/s1. The fourth-order valence-electron chi connectivity index (χ4n) is 3.92. The quantitative estimate of drug-likeness (QED) is 0.781. The molecule has 4 rings (SSSR count). The first-order valence-electron chi connectivity index (χ1n) is 9.84. The Hall–Kier alpha value is -1.69. The minimum atomic E-state index is -0.0433. The van der Waals surface area contributed by atoms with E-state index in [0.717, 1.165) is 49.0 Å². The zero-order chi connectivity index (χ0) is 18.3. The van der Waals surface area contributed by atoms with Crippen molar-refractivity contribution < 1.29 is 4.79 Å². The first kappa shape index (κ1) is 17.7. The largest absolute Gasteiger partial charge is 0.341 e. The minimum absolute atomic E-state index is 0.0414. The molecule has 2 aliphatic rings. The summed E-state index contributed by atoms with van der Waals surface area (Å²) in [5.41, 5.74) is 1.14. The Labute approximate surface area is 158 Å². The molecule has 0 bridgehead atoms. The predicted molar refractivity (Wildman–Crippen MR) is 105 cm³/mol. The van der Waals surface area contributed by atoms with Gasteiger partial charge in [-0.15, -0.1) is 11.3 Å². The van der Waals surface area contributed by atoms with Crippen LogP contribution in [0.1, 0.15) is 50.0 Å². The van der Waals surface area contributed by atoms with Crippen molar-refractivity contribution >= 4 is 27.5 Å². The molecule has 140 valence electrons. The van der Waals surface area contributed by atoms with Crippen molar-refractivity contribution in [3.05, 3.63) is 27.1 Å². The first-order valence-corrected chi connectivity index (χ1v) is 10.7. The van der Waals surface area contributed by atoms with E-state index < -0.39 is 0 Å². The molecule has 1 fully saturated rings. The highest BCUT2D eigenvalue weighted by atomic mass is 32.1. The molecule has 2 aromatic rings. The number of nitrogens with zero attached hydrogens (tertiary/aromatic N) is 3. The zero-order valence-electron chi connectivity index (χ0n) is 15.7. The molecule has 1 atom stereocenters. The van der Waals surface area contributed by atoms with E-state index in [4.69, 9.17) is 0 Å². The molecule has 26 heavy (non-hydrogen) atoms. The molecule has 1 saturated carbocycles. The van der Waals surface area contributed by atoms with Gasteiger partial charge in [0.15, 0.2) is 0 Å². The third-order valence-electron chi connectivity index (χ3n) is 5.61. The number of hydrogen-bond donors (Lipinski definition) is 0. The van der Waals surface area contributed by atoms with Crippen molar-refractivity contribution in [3.8, 4) is 0 Å². The van der Waals surface area contributed by atoms with Crippen LogP contribution in [0.5, 0.6) is 0 Å². The highest BCUT2D eigenvalue weighted by Gasteiger charge is 2.27. The summed E-state index contributed by atoms with van der Waals surface area (Å²) in [4.78, 5) is 34.4. The molecule has 0 saturated heterocycles. The van der Waals surface area contributed by atoms with Gasteiger partial charge in [-0.1, -0.05) is 13.8 Å². The molecule has 1 amide bonds. The van der Waals surface area contributed by atoms with Crippen molar-refractivity contribution in [2.45, 2.75) is 58.9 Å². The number of amides is 1. The third-order valence-corrected chi connectivity index (χ3v) is 6.77. The van der Waals surface area contributed by atoms with Gasteiger partial charge in [0.2, 0.25) is 5.91 Å². The molecule has 0 spiro atoms. The van der Waals surface area contributed by atoms with Crippen LogP contribution in [0, 0.1) is 11.8 Å². The number of aryl methyl sites for hydroxylation is 1. The van der Waals surface area contributed by atoms with Gasteiger partial charge in [0.25, 0.3) is 5.56 Å². The molecular formula is C20H27N3O2S.